The largest absolute Gasteiger partial charge is 0.478 e. The highest BCUT2D eigenvalue weighted by Crippen LogP contribution is 2.37. The Morgan fingerprint density at radius 1 is 1.00 bits per heavy atom. The summed E-state index contributed by atoms with van der Waals surface area (Å²) in [6, 6.07) is 20.1. The lowest BCUT2D eigenvalue weighted by Crippen LogP contribution is -2.29. The molecule has 0 aliphatic carbocycles. The second-order valence-corrected chi connectivity index (χ2v) is 8.60. The predicted octanol–water partition coefficient (Wildman–Crippen LogP) is 5.27. The predicted molar refractivity (Wildman–Crippen MR) is 139 cm³/mol. The highest BCUT2D eigenvalue weighted by Gasteiger charge is 2.30. The third-order valence-electron chi connectivity index (χ3n) is 5.79. The fourth-order valence-corrected chi connectivity index (χ4v) is 4.23. The number of benzene rings is 3. The molecule has 1 unspecified atom stereocenters. The number of H-pyrrole nitrogens is 1. The lowest BCUT2D eigenvalue weighted by Gasteiger charge is -2.20. The minimum atomic E-state index is -1.11. The minimum absolute atomic E-state index is 0.0383. The number of carbonyl (C=O) groups excluding carboxylic acids is 1. The Labute approximate surface area is 215 Å². The molecule has 0 radical (unpaired) electrons. The molecule has 0 aliphatic rings. The maximum atomic E-state index is 13.6. The Balaban J connectivity index is 1.84. The van der Waals surface area contributed by atoms with Crippen molar-refractivity contribution in [2.75, 3.05) is 5.32 Å². The van der Waals surface area contributed by atoms with Gasteiger partial charge in [0.2, 0.25) is 5.91 Å². The number of aromatic amines is 1. The summed E-state index contributed by atoms with van der Waals surface area (Å²) in [4.78, 5) is 51.7. The van der Waals surface area contributed by atoms with Crippen LogP contribution in [0, 0.1) is 10.1 Å². The molecule has 0 spiro atoms. The molecule has 186 valence electrons. The molecule has 4 aromatic rings. The zero-order valence-electron chi connectivity index (χ0n) is 19.2. The lowest BCUT2D eigenvalue weighted by atomic mass is 9.86. The number of carboxylic acid groups (broad SMARTS) is 1. The number of anilines is 1. The number of hydrogen-bond donors (Lipinski definition) is 3. The van der Waals surface area contributed by atoms with Crippen LogP contribution in [0.25, 0.3) is 11.1 Å². The number of nitro benzene ring substituents is 1. The third-order valence-corrected chi connectivity index (χ3v) is 6.03. The van der Waals surface area contributed by atoms with Gasteiger partial charge in [0.05, 0.1) is 22.0 Å². The number of nitrogens with one attached hydrogen (secondary N) is 2. The number of hydrogen-bond acceptors (Lipinski definition) is 5. The van der Waals surface area contributed by atoms with Gasteiger partial charge in [-0.3, -0.25) is 19.7 Å². The van der Waals surface area contributed by atoms with Crippen molar-refractivity contribution in [3.63, 3.8) is 0 Å². The van der Waals surface area contributed by atoms with Crippen molar-refractivity contribution >= 4 is 34.9 Å². The van der Waals surface area contributed by atoms with E-state index in [1.807, 2.05) is 6.07 Å². The number of carboxylic acids is 1. The van der Waals surface area contributed by atoms with Crippen LogP contribution in [-0.2, 0) is 11.2 Å². The minimum Gasteiger partial charge on any atom is -0.478 e. The number of rotatable bonds is 8. The van der Waals surface area contributed by atoms with Gasteiger partial charge >= 0.3 is 5.97 Å². The van der Waals surface area contributed by atoms with Crippen molar-refractivity contribution in [2.45, 2.75) is 12.3 Å². The summed E-state index contributed by atoms with van der Waals surface area (Å²) in [7, 11) is 0. The van der Waals surface area contributed by atoms with Crippen LogP contribution in [-0.4, -0.2) is 26.9 Å². The first-order valence-corrected chi connectivity index (χ1v) is 11.5. The fraction of sp³-hybridized carbons (Fsp3) is 0.0741. The van der Waals surface area contributed by atoms with Crippen LogP contribution in [0.4, 0.5) is 11.4 Å². The monoisotopic (exact) mass is 517 g/mol. The summed E-state index contributed by atoms with van der Waals surface area (Å²) in [5.74, 6) is -2.71. The first-order valence-electron chi connectivity index (χ1n) is 11.1. The quantitative estimate of drug-likeness (QED) is 0.215. The number of halogens is 1. The SMILES string of the molecule is O=C(O)c1ccc(NC(=O)C(Cc2ccccc2)c2c(-c3cc(Cl)ccc3[N+](=O)[O-])cc[nH]c2=O)cc1. The second kappa shape index (κ2) is 10.9. The maximum Gasteiger partial charge on any atom is 0.335 e. The lowest BCUT2D eigenvalue weighted by molar-refractivity contribution is -0.384. The van der Waals surface area contributed by atoms with Crippen LogP contribution < -0.4 is 10.9 Å². The number of nitro groups is 1. The molecular formula is C27H20ClN3O6. The molecule has 37 heavy (non-hydrogen) atoms. The summed E-state index contributed by atoms with van der Waals surface area (Å²) in [5, 5.41) is 23.9. The number of amides is 1. The van der Waals surface area contributed by atoms with Gasteiger partial charge in [0, 0.05) is 28.5 Å². The third kappa shape index (κ3) is 5.74. The molecule has 1 aromatic heterocycles. The van der Waals surface area contributed by atoms with Gasteiger partial charge in [-0.05, 0) is 60.0 Å². The van der Waals surface area contributed by atoms with Gasteiger partial charge in [-0.2, -0.15) is 0 Å². The number of carbonyl (C=O) groups is 2. The van der Waals surface area contributed by atoms with Gasteiger partial charge in [0.1, 0.15) is 0 Å². The second-order valence-electron chi connectivity index (χ2n) is 8.17. The van der Waals surface area contributed by atoms with Crippen molar-refractivity contribution in [1.29, 1.82) is 0 Å². The molecule has 1 amide bonds. The van der Waals surface area contributed by atoms with Crippen LogP contribution in [0.2, 0.25) is 5.02 Å². The van der Waals surface area contributed by atoms with Crippen LogP contribution in [0.1, 0.15) is 27.4 Å². The fourth-order valence-electron chi connectivity index (χ4n) is 4.06. The van der Waals surface area contributed by atoms with Crippen molar-refractivity contribution in [3.8, 4) is 11.1 Å². The van der Waals surface area contributed by atoms with E-state index in [0.717, 1.165) is 5.56 Å². The van der Waals surface area contributed by atoms with Crippen molar-refractivity contribution in [3.05, 3.63) is 127 Å². The van der Waals surface area contributed by atoms with E-state index in [1.165, 1.54) is 54.7 Å². The van der Waals surface area contributed by atoms with E-state index in [-0.39, 0.29) is 39.4 Å². The Bertz CT molecular complexity index is 1530. The van der Waals surface area contributed by atoms with Gasteiger partial charge in [-0.15, -0.1) is 0 Å². The van der Waals surface area contributed by atoms with E-state index < -0.39 is 28.3 Å². The maximum absolute atomic E-state index is 13.6. The van der Waals surface area contributed by atoms with E-state index in [1.54, 1.807) is 24.3 Å². The summed E-state index contributed by atoms with van der Waals surface area (Å²) < 4.78 is 0. The van der Waals surface area contributed by atoms with Gasteiger partial charge < -0.3 is 15.4 Å². The summed E-state index contributed by atoms with van der Waals surface area (Å²) in [6.45, 7) is 0. The van der Waals surface area contributed by atoms with Crippen LogP contribution in [0.5, 0.6) is 0 Å². The van der Waals surface area contributed by atoms with Crippen molar-refractivity contribution in [1.82, 2.24) is 4.98 Å². The molecule has 0 saturated heterocycles. The molecule has 1 heterocycles. The number of aromatic nitrogens is 1. The normalized spacial score (nSPS) is 11.5. The number of aromatic carboxylic acids is 1. The van der Waals surface area contributed by atoms with E-state index in [9.17, 15) is 24.5 Å². The first kappa shape index (κ1) is 25.3. The van der Waals surface area contributed by atoms with Crippen molar-refractivity contribution < 1.29 is 19.6 Å². The molecular weight excluding hydrogens is 498 g/mol. The molecule has 3 aromatic carbocycles. The highest BCUT2D eigenvalue weighted by atomic mass is 35.5. The first-order chi connectivity index (χ1) is 17.7. The van der Waals surface area contributed by atoms with E-state index in [4.69, 9.17) is 16.7 Å². The van der Waals surface area contributed by atoms with Crippen LogP contribution in [0.3, 0.4) is 0 Å². The number of pyridine rings is 1. The Kier molecular flexibility index (Phi) is 7.45. The Hall–Kier alpha value is -4.76. The smallest absolute Gasteiger partial charge is 0.335 e. The average Bonchev–Trinajstić information content (AvgIpc) is 2.88. The molecule has 0 fully saturated rings. The van der Waals surface area contributed by atoms with Crippen LogP contribution >= 0.6 is 11.6 Å². The molecule has 4 rings (SSSR count). The van der Waals surface area contributed by atoms with Crippen LogP contribution in [0.15, 0.2) is 89.9 Å². The molecule has 3 N–H and O–H groups in total. The Morgan fingerprint density at radius 3 is 2.35 bits per heavy atom. The summed E-state index contributed by atoms with van der Waals surface area (Å²) in [6.07, 6.45) is 1.47. The number of nitrogens with zero attached hydrogens (tertiary/aromatic N) is 1. The zero-order valence-corrected chi connectivity index (χ0v) is 19.9. The highest BCUT2D eigenvalue weighted by molar-refractivity contribution is 6.31. The van der Waals surface area contributed by atoms with E-state index in [0.29, 0.717) is 5.69 Å². The molecule has 1 atom stereocenters. The van der Waals surface area contributed by atoms with Crippen molar-refractivity contribution in [2.24, 2.45) is 0 Å². The van der Waals surface area contributed by atoms with Gasteiger partial charge in [-0.25, -0.2) is 4.79 Å². The van der Waals surface area contributed by atoms with Gasteiger partial charge in [0.15, 0.2) is 0 Å². The van der Waals surface area contributed by atoms with Gasteiger partial charge in [-0.1, -0.05) is 41.9 Å². The summed E-state index contributed by atoms with van der Waals surface area (Å²) in [5.41, 5.74) is 0.647. The Morgan fingerprint density at radius 2 is 1.70 bits per heavy atom. The van der Waals surface area contributed by atoms with E-state index >= 15 is 0 Å². The molecule has 0 bridgehead atoms. The molecule has 10 heteroatoms. The molecule has 9 nitrogen and oxygen atoms in total. The van der Waals surface area contributed by atoms with E-state index in [2.05, 4.69) is 10.3 Å². The topological polar surface area (TPSA) is 142 Å². The average molecular weight is 518 g/mol. The van der Waals surface area contributed by atoms with Gasteiger partial charge in [0.25, 0.3) is 11.2 Å². The standard InChI is InChI=1S/C27H20ClN3O6/c28-18-8-11-23(31(36)37)21(15-18)20-12-13-29-26(33)24(20)22(14-16-4-2-1-3-5-16)25(32)30-19-9-6-17(7-10-19)27(34)35/h1-13,15,22H,14H2,(H,29,33)(H,30,32)(H,34,35). The summed E-state index contributed by atoms with van der Waals surface area (Å²) >= 11 is 6.15. The molecule has 0 saturated carbocycles. The zero-order chi connectivity index (χ0) is 26.5. The molecule has 0 aliphatic heterocycles.